The van der Waals surface area contributed by atoms with Gasteiger partial charge in [-0.15, -0.1) is 0 Å². The summed E-state index contributed by atoms with van der Waals surface area (Å²) < 4.78 is 39.1. The second-order valence-corrected chi connectivity index (χ2v) is 9.96. The molecule has 34 heavy (non-hydrogen) atoms. The summed E-state index contributed by atoms with van der Waals surface area (Å²) in [5.74, 6) is -4.66. The Morgan fingerprint density at radius 2 is 1.71 bits per heavy atom. The zero-order valence-electron chi connectivity index (χ0n) is 19.5. The molecule has 0 radical (unpaired) electrons. The number of nitrogens with zero attached hydrogens (tertiary/aromatic N) is 1. The Hall–Kier alpha value is -2.83. The molecule has 0 aliphatic carbocycles. The van der Waals surface area contributed by atoms with Crippen LogP contribution in [0.5, 0.6) is 0 Å². The second kappa shape index (κ2) is 10.2. The average Bonchev–Trinajstić information content (AvgIpc) is 2.99. The van der Waals surface area contributed by atoms with Crippen molar-refractivity contribution in [3.8, 4) is 0 Å². The van der Waals surface area contributed by atoms with E-state index in [4.69, 9.17) is 15.0 Å². The minimum Gasteiger partial charge on any atom is -0.463 e. The molecule has 188 valence electrons. The molecule has 1 aliphatic heterocycles. The maximum atomic E-state index is 13.4. The predicted octanol–water partition coefficient (Wildman–Crippen LogP) is 1.47. The molecule has 0 spiro atoms. The van der Waals surface area contributed by atoms with Crippen molar-refractivity contribution in [2.24, 2.45) is 28.4 Å². The van der Waals surface area contributed by atoms with Crippen LogP contribution in [0.15, 0.2) is 30.3 Å². The summed E-state index contributed by atoms with van der Waals surface area (Å²) in [6.07, 6.45) is -0.0000245. The summed E-state index contributed by atoms with van der Waals surface area (Å²) in [7, 11) is -4.69. The summed E-state index contributed by atoms with van der Waals surface area (Å²) >= 11 is 0. The van der Waals surface area contributed by atoms with Crippen LogP contribution in [0.4, 0.5) is 5.69 Å². The molecule has 11 nitrogen and oxygen atoms in total. The van der Waals surface area contributed by atoms with Crippen molar-refractivity contribution in [2.45, 2.75) is 40.5 Å². The first-order chi connectivity index (χ1) is 15.7. The first-order valence-corrected chi connectivity index (χ1v) is 12.1. The highest BCUT2D eigenvalue weighted by Crippen LogP contribution is 2.48. The summed E-state index contributed by atoms with van der Waals surface area (Å²) in [6, 6.07) is 8.31. The normalized spacial score (nSPS) is 22.2. The molecule has 4 atom stereocenters. The van der Waals surface area contributed by atoms with E-state index >= 15 is 0 Å². The Morgan fingerprint density at radius 3 is 2.21 bits per heavy atom. The fourth-order valence-electron chi connectivity index (χ4n) is 4.41. The van der Waals surface area contributed by atoms with Crippen molar-refractivity contribution in [1.82, 2.24) is 0 Å². The van der Waals surface area contributed by atoms with E-state index < -0.39 is 70.0 Å². The predicted molar refractivity (Wildman–Crippen MR) is 120 cm³/mol. The molecule has 1 saturated heterocycles. The van der Waals surface area contributed by atoms with Crippen LogP contribution in [0.1, 0.15) is 40.5 Å². The van der Waals surface area contributed by atoms with Crippen LogP contribution in [-0.2, 0) is 38.5 Å². The van der Waals surface area contributed by atoms with Crippen molar-refractivity contribution < 1.29 is 41.1 Å². The number of carbonyl (C=O) groups is 4. The molecule has 1 heterocycles. The van der Waals surface area contributed by atoms with Gasteiger partial charge in [-0.1, -0.05) is 32.0 Å². The summed E-state index contributed by atoms with van der Waals surface area (Å²) in [6.45, 7) is 5.14. The molecule has 0 aromatic heterocycles. The Morgan fingerprint density at radius 1 is 1.12 bits per heavy atom. The van der Waals surface area contributed by atoms with Gasteiger partial charge in [0.05, 0.1) is 22.4 Å². The molecular weight excluding hydrogens is 468 g/mol. The molecule has 2 rings (SSSR count). The summed E-state index contributed by atoms with van der Waals surface area (Å²) in [4.78, 5) is 53.0. The monoisotopic (exact) mass is 498 g/mol. The molecule has 0 saturated carbocycles. The number of para-hydroxylation sites is 1. The lowest BCUT2D eigenvalue weighted by atomic mass is 9.62. The van der Waals surface area contributed by atoms with E-state index in [9.17, 15) is 27.6 Å². The number of esters is 1. The minimum absolute atomic E-state index is 0.194. The van der Waals surface area contributed by atoms with Crippen molar-refractivity contribution >= 4 is 39.8 Å². The smallest absolute Gasteiger partial charge is 0.397 e. The number of rotatable bonds is 11. The van der Waals surface area contributed by atoms with Gasteiger partial charge in [-0.25, -0.2) is 4.18 Å². The lowest BCUT2D eigenvalue weighted by molar-refractivity contribution is -0.161. The lowest BCUT2D eigenvalue weighted by Crippen LogP contribution is -2.50. The molecular formula is C22H30N2O9S. The van der Waals surface area contributed by atoms with Crippen LogP contribution >= 0.6 is 0 Å². The Labute approximate surface area is 198 Å². The molecule has 4 unspecified atom stereocenters. The van der Waals surface area contributed by atoms with Gasteiger partial charge in [0, 0.05) is 5.92 Å². The van der Waals surface area contributed by atoms with Crippen LogP contribution < -0.4 is 10.6 Å². The molecule has 1 aromatic carbocycles. The fourth-order valence-corrected chi connectivity index (χ4v) is 4.69. The maximum Gasteiger partial charge on any atom is 0.397 e. The third kappa shape index (κ3) is 5.62. The van der Waals surface area contributed by atoms with E-state index in [1.54, 1.807) is 44.2 Å². The van der Waals surface area contributed by atoms with E-state index in [0.29, 0.717) is 5.69 Å². The first kappa shape index (κ1) is 27.4. The van der Waals surface area contributed by atoms with E-state index in [2.05, 4.69) is 4.18 Å². The van der Waals surface area contributed by atoms with Gasteiger partial charge in [-0.2, -0.15) is 8.42 Å². The number of carbonyl (C=O) groups excluding carboxylic acids is 4. The SMILES string of the molecule is CCC(C)(CC(C)(C(N)=O)C1C(=O)N(c2ccccc2)C(=O)C1C)C(=O)OCCOS(=O)(=O)O. The number of hydrogen-bond donors (Lipinski definition) is 2. The molecule has 1 fully saturated rings. The molecule has 1 aliphatic rings. The largest absolute Gasteiger partial charge is 0.463 e. The van der Waals surface area contributed by atoms with Gasteiger partial charge >= 0.3 is 16.4 Å². The van der Waals surface area contributed by atoms with Crippen LogP contribution in [-0.4, -0.2) is 49.9 Å². The fraction of sp³-hybridized carbons (Fsp3) is 0.545. The lowest BCUT2D eigenvalue weighted by Gasteiger charge is -2.39. The van der Waals surface area contributed by atoms with Crippen LogP contribution in [0, 0.1) is 22.7 Å². The molecule has 0 bridgehead atoms. The number of anilines is 1. The number of nitrogens with two attached hydrogens (primary N) is 1. The van der Waals surface area contributed by atoms with Gasteiger partial charge in [0.15, 0.2) is 0 Å². The maximum absolute atomic E-state index is 13.4. The Balaban J connectivity index is 2.31. The summed E-state index contributed by atoms with van der Waals surface area (Å²) in [5, 5.41) is 0. The zero-order valence-corrected chi connectivity index (χ0v) is 20.3. The zero-order chi connectivity index (χ0) is 25.9. The van der Waals surface area contributed by atoms with E-state index in [1.165, 1.54) is 13.8 Å². The molecule has 3 amide bonds. The number of primary amides is 1. The van der Waals surface area contributed by atoms with Gasteiger partial charge in [-0.05, 0) is 38.8 Å². The van der Waals surface area contributed by atoms with Crippen molar-refractivity contribution in [1.29, 1.82) is 0 Å². The van der Waals surface area contributed by atoms with E-state index in [-0.39, 0.29) is 12.8 Å². The Bertz CT molecular complexity index is 1060. The van der Waals surface area contributed by atoms with Crippen molar-refractivity contribution in [2.75, 3.05) is 18.1 Å². The summed E-state index contributed by atoms with van der Waals surface area (Å²) in [5.41, 5.74) is 3.24. The average molecular weight is 499 g/mol. The molecule has 12 heteroatoms. The number of imide groups is 1. The van der Waals surface area contributed by atoms with Gasteiger partial charge in [0.1, 0.15) is 13.2 Å². The van der Waals surface area contributed by atoms with E-state index in [0.717, 1.165) is 4.90 Å². The number of ether oxygens (including phenoxy) is 1. The third-order valence-electron chi connectivity index (χ3n) is 6.44. The van der Waals surface area contributed by atoms with Crippen LogP contribution in [0.25, 0.3) is 0 Å². The number of benzene rings is 1. The standard InChI is InChI=1S/C22H30N2O9S/c1-5-21(3,20(28)32-11-12-33-34(29,30)31)13-22(4,19(23)27)16-14(2)17(25)24(18(16)26)15-9-7-6-8-10-15/h6-10,14,16H,5,11-13H2,1-4H3,(H2,23,27)(H,29,30,31). The second-order valence-electron chi connectivity index (χ2n) is 8.87. The van der Waals surface area contributed by atoms with E-state index in [1.807, 2.05) is 0 Å². The number of hydrogen-bond acceptors (Lipinski definition) is 8. The molecule has 3 N–H and O–H groups in total. The number of amides is 3. The van der Waals surface area contributed by atoms with Crippen LogP contribution in [0.2, 0.25) is 0 Å². The third-order valence-corrected chi connectivity index (χ3v) is 6.90. The van der Waals surface area contributed by atoms with Gasteiger partial charge in [0.25, 0.3) is 0 Å². The minimum atomic E-state index is -4.69. The first-order valence-electron chi connectivity index (χ1n) is 10.7. The topological polar surface area (TPSA) is 170 Å². The van der Waals surface area contributed by atoms with Crippen LogP contribution in [0.3, 0.4) is 0 Å². The highest BCUT2D eigenvalue weighted by molar-refractivity contribution is 7.80. The quantitative estimate of drug-likeness (QED) is 0.198. The van der Waals surface area contributed by atoms with Gasteiger partial charge in [-0.3, -0.25) is 28.6 Å². The van der Waals surface area contributed by atoms with Gasteiger partial charge < -0.3 is 10.5 Å². The van der Waals surface area contributed by atoms with Crippen molar-refractivity contribution in [3.05, 3.63) is 30.3 Å². The Kier molecular flexibility index (Phi) is 8.22. The van der Waals surface area contributed by atoms with Gasteiger partial charge in [0.2, 0.25) is 17.7 Å². The highest BCUT2D eigenvalue weighted by atomic mass is 32.3. The highest BCUT2D eigenvalue weighted by Gasteiger charge is 2.59. The molecule has 1 aromatic rings. The van der Waals surface area contributed by atoms with Crippen molar-refractivity contribution in [3.63, 3.8) is 0 Å².